The van der Waals surface area contributed by atoms with Crippen molar-refractivity contribution in [3.63, 3.8) is 0 Å². The topological polar surface area (TPSA) is 88.7 Å². The van der Waals surface area contributed by atoms with Gasteiger partial charge in [0.05, 0.1) is 18.8 Å². The van der Waals surface area contributed by atoms with Crippen LogP contribution in [-0.4, -0.2) is 45.2 Å². The van der Waals surface area contributed by atoms with Gasteiger partial charge in [-0.25, -0.2) is 0 Å². The van der Waals surface area contributed by atoms with Crippen molar-refractivity contribution in [3.05, 3.63) is 54.1 Å². The third-order valence-electron chi connectivity index (χ3n) is 4.12. The minimum Gasteiger partial charge on any atom is -0.491 e. The summed E-state index contributed by atoms with van der Waals surface area (Å²) in [6, 6.07) is 14.4. The third kappa shape index (κ3) is 8.13. The maximum absolute atomic E-state index is 12.4. The maximum atomic E-state index is 12.4. The van der Waals surface area contributed by atoms with Gasteiger partial charge in [0, 0.05) is 31.5 Å². The van der Waals surface area contributed by atoms with E-state index < -0.39 is 0 Å². The lowest BCUT2D eigenvalue weighted by atomic mass is 10.2. The molecule has 7 nitrogen and oxygen atoms in total. The van der Waals surface area contributed by atoms with E-state index in [1.54, 1.807) is 31.4 Å². The van der Waals surface area contributed by atoms with Crippen molar-refractivity contribution in [2.45, 2.75) is 20.3 Å². The summed E-state index contributed by atoms with van der Waals surface area (Å²) in [7, 11) is 1.63. The molecule has 0 aromatic heterocycles. The van der Waals surface area contributed by atoms with E-state index in [4.69, 9.17) is 9.47 Å². The Morgan fingerprint density at radius 2 is 1.87 bits per heavy atom. The predicted octanol–water partition coefficient (Wildman–Crippen LogP) is 3.54. The number of carbonyl (C=O) groups is 2. The van der Waals surface area contributed by atoms with Gasteiger partial charge < -0.3 is 25.4 Å². The van der Waals surface area contributed by atoms with Gasteiger partial charge in [-0.3, -0.25) is 9.59 Å². The summed E-state index contributed by atoms with van der Waals surface area (Å²) in [5.74, 6) is 0.722. The SMILES string of the molecule is COCCCNC(=O)c1cccc(NC(=O)CNc2ccccc2OCC(C)C)c1. The van der Waals surface area contributed by atoms with Crippen LogP contribution in [0.4, 0.5) is 11.4 Å². The molecule has 3 N–H and O–H groups in total. The Bertz CT molecular complexity index is 824. The van der Waals surface area contributed by atoms with Crippen molar-refractivity contribution in [2.24, 2.45) is 5.92 Å². The van der Waals surface area contributed by atoms with Crippen LogP contribution in [0.5, 0.6) is 5.75 Å². The number of para-hydroxylation sites is 2. The second-order valence-electron chi connectivity index (χ2n) is 7.29. The first-order chi connectivity index (χ1) is 14.5. The van der Waals surface area contributed by atoms with Crippen LogP contribution < -0.4 is 20.7 Å². The van der Waals surface area contributed by atoms with Crippen LogP contribution in [0.2, 0.25) is 0 Å². The molecule has 0 atom stereocenters. The molecule has 0 bridgehead atoms. The van der Waals surface area contributed by atoms with E-state index in [1.807, 2.05) is 24.3 Å². The van der Waals surface area contributed by atoms with E-state index in [1.165, 1.54) is 0 Å². The predicted molar refractivity (Wildman–Crippen MR) is 119 cm³/mol. The summed E-state index contributed by atoms with van der Waals surface area (Å²) in [5, 5.41) is 8.75. The van der Waals surface area contributed by atoms with Crippen molar-refractivity contribution < 1.29 is 19.1 Å². The summed E-state index contributed by atoms with van der Waals surface area (Å²) in [4.78, 5) is 24.6. The molecule has 0 fully saturated rings. The number of hydrogen-bond donors (Lipinski definition) is 3. The number of anilines is 2. The van der Waals surface area contributed by atoms with Gasteiger partial charge in [0.2, 0.25) is 5.91 Å². The van der Waals surface area contributed by atoms with Gasteiger partial charge in [0.15, 0.2) is 0 Å². The highest BCUT2D eigenvalue weighted by molar-refractivity contribution is 5.98. The molecule has 2 amide bonds. The molecule has 30 heavy (non-hydrogen) atoms. The summed E-state index contributed by atoms with van der Waals surface area (Å²) in [5.41, 5.74) is 1.82. The molecule has 0 heterocycles. The standard InChI is InChI=1S/C23H31N3O4/c1-17(2)16-30-21-11-5-4-10-20(21)25-15-22(27)26-19-9-6-8-18(14-19)23(28)24-12-7-13-29-3/h4-6,8-11,14,17,25H,7,12-13,15-16H2,1-3H3,(H,24,28)(H,26,27). The Balaban J connectivity index is 1.88. The minimum atomic E-state index is -0.216. The van der Waals surface area contributed by atoms with Crippen molar-refractivity contribution in [1.29, 1.82) is 0 Å². The number of hydrogen-bond acceptors (Lipinski definition) is 5. The van der Waals surface area contributed by atoms with Crippen LogP contribution in [0.1, 0.15) is 30.6 Å². The normalized spacial score (nSPS) is 10.5. The third-order valence-corrected chi connectivity index (χ3v) is 4.12. The monoisotopic (exact) mass is 413 g/mol. The molecule has 0 saturated carbocycles. The number of amides is 2. The molecule has 0 unspecified atom stereocenters. The molecule has 0 aliphatic carbocycles. The molecule has 7 heteroatoms. The van der Waals surface area contributed by atoms with Crippen LogP contribution in [0, 0.1) is 5.92 Å². The first-order valence-electron chi connectivity index (χ1n) is 10.1. The van der Waals surface area contributed by atoms with Gasteiger partial charge in [-0.05, 0) is 42.7 Å². The fourth-order valence-electron chi connectivity index (χ4n) is 2.63. The number of ether oxygens (including phenoxy) is 2. The fraction of sp³-hybridized carbons (Fsp3) is 0.391. The van der Waals surface area contributed by atoms with Gasteiger partial charge in [-0.2, -0.15) is 0 Å². The Labute approximate surface area is 178 Å². The molecule has 0 radical (unpaired) electrons. The van der Waals surface area contributed by atoms with Crippen LogP contribution in [-0.2, 0) is 9.53 Å². The van der Waals surface area contributed by atoms with Crippen molar-refractivity contribution in [1.82, 2.24) is 5.32 Å². The smallest absolute Gasteiger partial charge is 0.251 e. The number of rotatable bonds is 12. The molecule has 2 rings (SSSR count). The zero-order valence-corrected chi connectivity index (χ0v) is 17.9. The Hall–Kier alpha value is -3.06. The van der Waals surface area contributed by atoms with E-state index in [0.29, 0.717) is 42.7 Å². The van der Waals surface area contributed by atoms with Crippen LogP contribution in [0.3, 0.4) is 0 Å². The second-order valence-corrected chi connectivity index (χ2v) is 7.29. The molecule has 0 aliphatic rings. The molecule has 2 aromatic rings. The number of nitrogens with one attached hydrogen (secondary N) is 3. The van der Waals surface area contributed by atoms with Gasteiger partial charge in [0.25, 0.3) is 5.91 Å². The first kappa shape index (κ1) is 23.2. The van der Waals surface area contributed by atoms with Crippen molar-refractivity contribution in [3.8, 4) is 5.75 Å². The molecular formula is C23H31N3O4. The van der Waals surface area contributed by atoms with Gasteiger partial charge in [0.1, 0.15) is 5.75 Å². The Morgan fingerprint density at radius 1 is 1.07 bits per heavy atom. The van der Waals surface area contributed by atoms with E-state index >= 15 is 0 Å². The average Bonchev–Trinajstić information content (AvgIpc) is 2.74. The van der Waals surface area contributed by atoms with E-state index in [9.17, 15) is 9.59 Å². The van der Waals surface area contributed by atoms with E-state index in [0.717, 1.165) is 12.1 Å². The summed E-state index contributed by atoms with van der Waals surface area (Å²) in [6.45, 7) is 5.97. The Kier molecular flexibility index (Phi) is 9.67. The molecule has 0 aliphatic heterocycles. The van der Waals surface area contributed by atoms with Gasteiger partial charge in [-0.1, -0.05) is 32.0 Å². The van der Waals surface area contributed by atoms with E-state index in [-0.39, 0.29) is 18.4 Å². The Morgan fingerprint density at radius 3 is 2.63 bits per heavy atom. The largest absolute Gasteiger partial charge is 0.491 e. The first-order valence-corrected chi connectivity index (χ1v) is 10.1. The molecule has 0 saturated heterocycles. The number of carbonyl (C=O) groups excluding carboxylic acids is 2. The van der Waals surface area contributed by atoms with Crippen LogP contribution in [0.25, 0.3) is 0 Å². The molecule has 2 aromatic carbocycles. The van der Waals surface area contributed by atoms with Crippen molar-refractivity contribution >= 4 is 23.2 Å². The lowest BCUT2D eigenvalue weighted by Gasteiger charge is -2.14. The van der Waals surface area contributed by atoms with Crippen LogP contribution in [0.15, 0.2) is 48.5 Å². The zero-order chi connectivity index (χ0) is 21.8. The molecular weight excluding hydrogens is 382 g/mol. The minimum absolute atomic E-state index is 0.0789. The highest BCUT2D eigenvalue weighted by atomic mass is 16.5. The second kappa shape index (κ2) is 12.5. The highest BCUT2D eigenvalue weighted by Gasteiger charge is 2.09. The van der Waals surface area contributed by atoms with Crippen molar-refractivity contribution in [2.75, 3.05) is 44.0 Å². The summed E-state index contributed by atoms with van der Waals surface area (Å²) < 4.78 is 10.8. The zero-order valence-electron chi connectivity index (χ0n) is 17.9. The molecule has 0 spiro atoms. The van der Waals surface area contributed by atoms with Gasteiger partial charge >= 0.3 is 0 Å². The lowest BCUT2D eigenvalue weighted by molar-refractivity contribution is -0.114. The van der Waals surface area contributed by atoms with E-state index in [2.05, 4.69) is 29.8 Å². The highest BCUT2D eigenvalue weighted by Crippen LogP contribution is 2.24. The van der Waals surface area contributed by atoms with Crippen LogP contribution >= 0.6 is 0 Å². The maximum Gasteiger partial charge on any atom is 0.251 e. The molecule has 162 valence electrons. The summed E-state index contributed by atoms with van der Waals surface area (Å²) >= 11 is 0. The van der Waals surface area contributed by atoms with Gasteiger partial charge in [-0.15, -0.1) is 0 Å². The lowest BCUT2D eigenvalue weighted by Crippen LogP contribution is -2.25. The number of methoxy groups -OCH3 is 1. The number of benzene rings is 2. The quantitative estimate of drug-likeness (QED) is 0.463. The average molecular weight is 414 g/mol. The fourth-order valence-corrected chi connectivity index (χ4v) is 2.63. The summed E-state index contributed by atoms with van der Waals surface area (Å²) in [6.07, 6.45) is 0.743.